The van der Waals surface area contributed by atoms with Crippen LogP contribution in [0.1, 0.15) is 5.56 Å². The fraction of sp³-hybridized carbons (Fsp3) is 0.250. The monoisotopic (exact) mass is 281 g/mol. The normalized spacial score (nSPS) is 9.53. The summed E-state index contributed by atoms with van der Waals surface area (Å²) in [6.45, 7) is 1.64. The van der Waals surface area contributed by atoms with Crippen LogP contribution in [0.4, 0.5) is 0 Å². The molecular formula is C12H15N3O3S. The molecule has 0 aliphatic heterocycles. The number of rotatable bonds is 5. The van der Waals surface area contributed by atoms with Gasteiger partial charge in [-0.15, -0.1) is 0 Å². The molecule has 0 radical (unpaired) electrons. The molecule has 0 bridgehead atoms. The second-order valence-electron chi connectivity index (χ2n) is 3.78. The first-order valence-electron chi connectivity index (χ1n) is 5.54. The van der Waals surface area contributed by atoms with Crippen molar-refractivity contribution in [3.63, 3.8) is 0 Å². The molecule has 0 heterocycles. The highest BCUT2D eigenvalue weighted by Gasteiger charge is 2.07. The molecule has 0 aliphatic carbocycles. The number of hydrogen-bond donors (Lipinski definition) is 3. The van der Waals surface area contributed by atoms with E-state index in [1.165, 1.54) is 0 Å². The van der Waals surface area contributed by atoms with Gasteiger partial charge in [-0.05, 0) is 31.3 Å². The summed E-state index contributed by atoms with van der Waals surface area (Å²) in [4.78, 5) is 22.7. The van der Waals surface area contributed by atoms with Gasteiger partial charge in [0.05, 0.1) is 6.54 Å². The van der Waals surface area contributed by atoms with Gasteiger partial charge in [0.25, 0.3) is 0 Å². The third-order valence-electron chi connectivity index (χ3n) is 2.11. The van der Waals surface area contributed by atoms with Gasteiger partial charge in [-0.1, -0.05) is 17.7 Å². The predicted octanol–water partition coefficient (Wildman–Crippen LogP) is -0.150. The minimum Gasteiger partial charge on any atom is -0.425 e. The molecule has 0 spiro atoms. The summed E-state index contributed by atoms with van der Waals surface area (Å²) >= 11 is 4.54. The van der Waals surface area contributed by atoms with Gasteiger partial charge in [0, 0.05) is 0 Å². The van der Waals surface area contributed by atoms with Crippen molar-refractivity contribution in [3.05, 3.63) is 29.8 Å². The second-order valence-corrected chi connectivity index (χ2v) is 4.22. The van der Waals surface area contributed by atoms with Gasteiger partial charge >= 0.3 is 5.97 Å². The number of amides is 1. The maximum atomic E-state index is 11.4. The summed E-state index contributed by atoms with van der Waals surface area (Å²) in [5.74, 6) is -0.507. The average molecular weight is 281 g/mol. The zero-order valence-corrected chi connectivity index (χ0v) is 11.3. The quantitative estimate of drug-likeness (QED) is 0.395. The number of ether oxygens (including phenoxy) is 1. The molecule has 4 N–H and O–H groups in total. The number of nitrogens with one attached hydrogen (secondary N) is 2. The van der Waals surface area contributed by atoms with Gasteiger partial charge in [0.2, 0.25) is 5.91 Å². The van der Waals surface area contributed by atoms with Crippen LogP contribution in [0.5, 0.6) is 5.75 Å². The van der Waals surface area contributed by atoms with Gasteiger partial charge in [-0.3, -0.25) is 4.79 Å². The topological polar surface area (TPSA) is 93.4 Å². The number of aryl methyl sites for hydroxylation is 1. The SMILES string of the molecule is Cc1ccc(OC(=O)CNC(=O)CNC(N)=S)cc1. The van der Waals surface area contributed by atoms with E-state index in [1.54, 1.807) is 12.1 Å². The Labute approximate surface area is 116 Å². The molecular weight excluding hydrogens is 266 g/mol. The first kappa shape index (κ1) is 14.9. The molecule has 0 aliphatic rings. The molecule has 1 aromatic rings. The first-order chi connectivity index (χ1) is 8.97. The molecule has 19 heavy (non-hydrogen) atoms. The standard InChI is InChI=1S/C12H15N3O3S/c1-8-2-4-9(5-3-8)18-11(17)7-14-10(16)6-15-12(13)19/h2-5H,6-7H2,1H3,(H,14,16)(H3,13,15,19). The summed E-state index contributed by atoms with van der Waals surface area (Å²) in [6, 6.07) is 7.02. The number of carbonyl (C=O) groups excluding carboxylic acids is 2. The molecule has 0 saturated heterocycles. The minimum atomic E-state index is -0.549. The number of thiocarbonyl (C=S) groups is 1. The van der Waals surface area contributed by atoms with Crippen molar-refractivity contribution in [1.29, 1.82) is 0 Å². The van der Waals surface area contributed by atoms with Crippen LogP contribution < -0.4 is 21.1 Å². The first-order valence-corrected chi connectivity index (χ1v) is 5.95. The van der Waals surface area contributed by atoms with Gasteiger partial charge in [0.15, 0.2) is 5.11 Å². The molecule has 1 amide bonds. The van der Waals surface area contributed by atoms with Gasteiger partial charge in [0.1, 0.15) is 12.3 Å². The van der Waals surface area contributed by atoms with E-state index in [0.29, 0.717) is 5.75 Å². The zero-order valence-electron chi connectivity index (χ0n) is 10.4. The highest BCUT2D eigenvalue weighted by atomic mass is 32.1. The lowest BCUT2D eigenvalue weighted by atomic mass is 10.2. The van der Waals surface area contributed by atoms with E-state index in [-0.39, 0.29) is 18.2 Å². The largest absolute Gasteiger partial charge is 0.425 e. The molecule has 0 fully saturated rings. The van der Waals surface area contributed by atoms with Crippen molar-refractivity contribution in [2.24, 2.45) is 5.73 Å². The van der Waals surface area contributed by atoms with Crippen LogP contribution in [0.2, 0.25) is 0 Å². The number of hydrogen-bond acceptors (Lipinski definition) is 4. The third kappa shape index (κ3) is 6.37. The van der Waals surface area contributed by atoms with E-state index in [9.17, 15) is 9.59 Å². The van der Waals surface area contributed by atoms with E-state index in [0.717, 1.165) is 5.56 Å². The summed E-state index contributed by atoms with van der Waals surface area (Å²) in [5, 5.41) is 4.87. The maximum Gasteiger partial charge on any atom is 0.330 e. The highest BCUT2D eigenvalue weighted by molar-refractivity contribution is 7.80. The van der Waals surface area contributed by atoms with Crippen molar-refractivity contribution in [3.8, 4) is 5.75 Å². The highest BCUT2D eigenvalue weighted by Crippen LogP contribution is 2.11. The lowest BCUT2D eigenvalue weighted by Crippen LogP contribution is -2.41. The van der Waals surface area contributed by atoms with Crippen molar-refractivity contribution in [2.75, 3.05) is 13.1 Å². The average Bonchev–Trinajstić information content (AvgIpc) is 2.36. The van der Waals surface area contributed by atoms with Gasteiger partial charge in [-0.25, -0.2) is 4.79 Å². The molecule has 0 atom stereocenters. The van der Waals surface area contributed by atoms with Crippen LogP contribution >= 0.6 is 12.2 Å². The number of benzene rings is 1. The van der Waals surface area contributed by atoms with Crippen LogP contribution in [-0.2, 0) is 9.59 Å². The summed E-state index contributed by atoms with van der Waals surface area (Å²) in [5.41, 5.74) is 6.23. The fourth-order valence-electron chi connectivity index (χ4n) is 1.17. The Morgan fingerprint density at radius 1 is 1.21 bits per heavy atom. The van der Waals surface area contributed by atoms with Crippen LogP contribution in [0.15, 0.2) is 24.3 Å². The molecule has 0 aromatic heterocycles. The fourth-order valence-corrected chi connectivity index (χ4v) is 1.25. The molecule has 1 rings (SSSR count). The summed E-state index contributed by atoms with van der Waals surface area (Å²) in [7, 11) is 0. The van der Waals surface area contributed by atoms with E-state index in [4.69, 9.17) is 10.5 Å². The Bertz CT molecular complexity index is 474. The number of carbonyl (C=O) groups is 2. The van der Waals surface area contributed by atoms with E-state index < -0.39 is 11.9 Å². The number of nitrogens with two attached hydrogens (primary N) is 1. The van der Waals surface area contributed by atoms with Crippen molar-refractivity contribution < 1.29 is 14.3 Å². The molecule has 6 nitrogen and oxygen atoms in total. The molecule has 0 unspecified atom stereocenters. The Morgan fingerprint density at radius 3 is 2.42 bits per heavy atom. The molecule has 7 heteroatoms. The lowest BCUT2D eigenvalue weighted by molar-refractivity contribution is -0.135. The Hall–Kier alpha value is -2.15. The Kier molecular flexibility index (Phi) is 5.74. The summed E-state index contributed by atoms with van der Waals surface area (Å²) < 4.78 is 5.02. The van der Waals surface area contributed by atoms with E-state index >= 15 is 0 Å². The van der Waals surface area contributed by atoms with Crippen molar-refractivity contribution in [2.45, 2.75) is 6.92 Å². The molecule has 0 saturated carbocycles. The Morgan fingerprint density at radius 2 is 1.84 bits per heavy atom. The predicted molar refractivity (Wildman–Crippen MR) is 74.6 cm³/mol. The third-order valence-corrected chi connectivity index (χ3v) is 2.25. The smallest absolute Gasteiger partial charge is 0.330 e. The second kappa shape index (κ2) is 7.32. The van der Waals surface area contributed by atoms with Gasteiger partial charge < -0.3 is 21.1 Å². The number of esters is 1. The summed E-state index contributed by atoms with van der Waals surface area (Å²) in [6.07, 6.45) is 0. The zero-order chi connectivity index (χ0) is 14.3. The van der Waals surface area contributed by atoms with Gasteiger partial charge in [-0.2, -0.15) is 0 Å². The maximum absolute atomic E-state index is 11.4. The molecule has 102 valence electrons. The van der Waals surface area contributed by atoms with E-state index in [1.807, 2.05) is 19.1 Å². The minimum absolute atomic E-state index is 0.0254. The van der Waals surface area contributed by atoms with Crippen LogP contribution in [0.25, 0.3) is 0 Å². The van der Waals surface area contributed by atoms with Crippen molar-refractivity contribution in [1.82, 2.24) is 10.6 Å². The lowest BCUT2D eigenvalue weighted by Gasteiger charge is -2.07. The van der Waals surface area contributed by atoms with Crippen LogP contribution in [0, 0.1) is 6.92 Å². The molecule has 1 aromatic carbocycles. The van der Waals surface area contributed by atoms with Crippen LogP contribution in [0.3, 0.4) is 0 Å². The van der Waals surface area contributed by atoms with Crippen LogP contribution in [-0.4, -0.2) is 30.1 Å². The Balaban J connectivity index is 2.29. The van der Waals surface area contributed by atoms with E-state index in [2.05, 4.69) is 22.9 Å². The van der Waals surface area contributed by atoms with Crippen molar-refractivity contribution >= 4 is 29.2 Å².